The molecule has 7 heteroatoms. The molecule has 0 unspecified atom stereocenters. The van der Waals surface area contributed by atoms with E-state index in [2.05, 4.69) is 4.98 Å². The fourth-order valence-electron chi connectivity index (χ4n) is 1.57. The summed E-state index contributed by atoms with van der Waals surface area (Å²) in [5.74, 6) is -0.501. The van der Waals surface area contributed by atoms with E-state index in [1.807, 2.05) is 0 Å². The van der Waals surface area contributed by atoms with E-state index >= 15 is 0 Å². The summed E-state index contributed by atoms with van der Waals surface area (Å²) in [4.78, 5) is 27.7. The number of nitrogens with zero attached hydrogens (tertiary/aromatic N) is 2. The van der Waals surface area contributed by atoms with Gasteiger partial charge in [0.05, 0.1) is 5.69 Å². The summed E-state index contributed by atoms with van der Waals surface area (Å²) in [6, 6.07) is -0.832. The number of imidazole rings is 1. The molecule has 0 bridgehead atoms. The van der Waals surface area contributed by atoms with Crippen LogP contribution >= 0.6 is 0 Å². The first-order chi connectivity index (χ1) is 9.87. The Morgan fingerprint density at radius 1 is 1.18 bits per heavy atom. The quantitative estimate of drug-likeness (QED) is 0.856. The molecule has 0 saturated heterocycles. The van der Waals surface area contributed by atoms with Crippen molar-refractivity contribution < 1.29 is 19.1 Å². The van der Waals surface area contributed by atoms with Gasteiger partial charge in [0.15, 0.2) is 0 Å². The number of hydrogen-bond donors (Lipinski definition) is 1. The van der Waals surface area contributed by atoms with Gasteiger partial charge in [0.2, 0.25) is 0 Å². The van der Waals surface area contributed by atoms with Crippen LogP contribution < -0.4 is 5.73 Å². The monoisotopic (exact) mass is 311 g/mol. The molecule has 1 aromatic heterocycles. The third-order valence-corrected chi connectivity index (χ3v) is 2.38. The Hall–Kier alpha value is -1.89. The van der Waals surface area contributed by atoms with Crippen molar-refractivity contribution in [2.75, 3.05) is 0 Å². The van der Waals surface area contributed by atoms with Crippen LogP contribution in [-0.4, -0.2) is 38.9 Å². The van der Waals surface area contributed by atoms with Crippen LogP contribution in [0, 0.1) is 0 Å². The number of rotatable bonds is 3. The second kappa shape index (κ2) is 6.48. The number of ether oxygens (including phenoxy) is 2. The highest BCUT2D eigenvalue weighted by Crippen LogP contribution is 2.11. The zero-order valence-electron chi connectivity index (χ0n) is 14.0. The van der Waals surface area contributed by atoms with Crippen molar-refractivity contribution >= 4 is 12.1 Å². The Balaban J connectivity index is 2.65. The summed E-state index contributed by atoms with van der Waals surface area (Å²) in [5, 5.41) is 0. The highest BCUT2D eigenvalue weighted by atomic mass is 16.6. The van der Waals surface area contributed by atoms with Gasteiger partial charge in [-0.15, -0.1) is 0 Å². The molecule has 1 atom stereocenters. The van der Waals surface area contributed by atoms with Crippen molar-refractivity contribution in [2.45, 2.75) is 65.2 Å². The molecule has 22 heavy (non-hydrogen) atoms. The molecule has 1 heterocycles. The third kappa shape index (κ3) is 6.26. The van der Waals surface area contributed by atoms with Gasteiger partial charge in [0.1, 0.15) is 23.6 Å². The van der Waals surface area contributed by atoms with Crippen LogP contribution in [-0.2, 0) is 20.7 Å². The van der Waals surface area contributed by atoms with E-state index in [-0.39, 0.29) is 6.42 Å². The van der Waals surface area contributed by atoms with Gasteiger partial charge in [-0.1, -0.05) is 0 Å². The van der Waals surface area contributed by atoms with Gasteiger partial charge in [0, 0.05) is 12.6 Å². The Morgan fingerprint density at radius 2 is 1.73 bits per heavy atom. The Bertz CT molecular complexity index is 538. The summed E-state index contributed by atoms with van der Waals surface area (Å²) in [5.41, 5.74) is 5.14. The van der Waals surface area contributed by atoms with Crippen molar-refractivity contribution in [1.82, 2.24) is 9.55 Å². The van der Waals surface area contributed by atoms with E-state index in [1.54, 1.807) is 41.5 Å². The molecule has 0 aliphatic rings. The SMILES string of the molecule is CC(C)(C)OC(=O)[C@@H](N)Cc1cn(C(=O)OC(C)(C)C)cn1. The van der Waals surface area contributed by atoms with Gasteiger partial charge in [-0.2, -0.15) is 0 Å². The average molecular weight is 311 g/mol. The lowest BCUT2D eigenvalue weighted by Crippen LogP contribution is -2.38. The van der Waals surface area contributed by atoms with Crippen LogP contribution in [0.1, 0.15) is 47.2 Å². The molecule has 124 valence electrons. The van der Waals surface area contributed by atoms with Crippen LogP contribution in [0.3, 0.4) is 0 Å². The predicted octanol–water partition coefficient (Wildman–Crippen LogP) is 1.88. The molecule has 2 N–H and O–H groups in total. The highest BCUT2D eigenvalue weighted by molar-refractivity contribution is 5.76. The molecule has 0 fully saturated rings. The van der Waals surface area contributed by atoms with Gasteiger partial charge in [0.25, 0.3) is 0 Å². The second-order valence-corrected chi connectivity index (χ2v) is 7.10. The van der Waals surface area contributed by atoms with Crippen molar-refractivity contribution in [1.29, 1.82) is 0 Å². The van der Waals surface area contributed by atoms with E-state index in [4.69, 9.17) is 15.2 Å². The molecule has 0 aliphatic heterocycles. The molecule has 0 aliphatic carbocycles. The lowest BCUT2D eigenvalue weighted by Gasteiger charge is -2.21. The Morgan fingerprint density at radius 3 is 2.23 bits per heavy atom. The molecule has 7 nitrogen and oxygen atoms in total. The van der Waals surface area contributed by atoms with Crippen molar-refractivity contribution in [3.05, 3.63) is 18.2 Å². The van der Waals surface area contributed by atoms with E-state index in [9.17, 15) is 9.59 Å². The Labute approximate surface area is 130 Å². The maximum Gasteiger partial charge on any atom is 0.419 e. The fourth-order valence-corrected chi connectivity index (χ4v) is 1.57. The summed E-state index contributed by atoms with van der Waals surface area (Å²) in [6.07, 6.45) is 2.49. The third-order valence-electron chi connectivity index (χ3n) is 2.38. The predicted molar refractivity (Wildman–Crippen MR) is 81.4 cm³/mol. The molecule has 0 spiro atoms. The maximum absolute atomic E-state index is 11.9. The standard InChI is InChI=1S/C15H25N3O4/c1-14(2,3)21-12(19)11(16)7-10-8-18(9-17-10)13(20)22-15(4,5)6/h8-9,11H,7,16H2,1-6H3/t11-/m0/s1. The first kappa shape index (κ1) is 18.2. The van der Waals surface area contributed by atoms with Crippen LogP contribution in [0.15, 0.2) is 12.5 Å². The van der Waals surface area contributed by atoms with E-state index in [1.165, 1.54) is 17.1 Å². The van der Waals surface area contributed by atoms with Gasteiger partial charge < -0.3 is 15.2 Å². The number of carbonyl (C=O) groups excluding carboxylic acids is 2. The first-order valence-electron chi connectivity index (χ1n) is 7.12. The number of hydrogen-bond acceptors (Lipinski definition) is 6. The smallest absolute Gasteiger partial charge is 0.419 e. The number of aromatic nitrogens is 2. The highest BCUT2D eigenvalue weighted by Gasteiger charge is 2.24. The molecule has 0 radical (unpaired) electrons. The summed E-state index contributed by atoms with van der Waals surface area (Å²) in [6.45, 7) is 10.7. The maximum atomic E-state index is 11.9. The van der Waals surface area contributed by atoms with Gasteiger partial charge in [-0.05, 0) is 41.5 Å². The molecule has 0 saturated carbocycles. The van der Waals surface area contributed by atoms with Crippen LogP contribution in [0.4, 0.5) is 4.79 Å². The number of esters is 1. The Kier molecular flexibility index (Phi) is 5.35. The zero-order valence-corrected chi connectivity index (χ0v) is 14.0. The topological polar surface area (TPSA) is 96.4 Å². The zero-order chi connectivity index (χ0) is 17.1. The fraction of sp³-hybridized carbons (Fsp3) is 0.667. The van der Waals surface area contributed by atoms with Crippen molar-refractivity contribution in [3.63, 3.8) is 0 Å². The van der Waals surface area contributed by atoms with Gasteiger partial charge >= 0.3 is 12.1 Å². The number of nitrogens with two attached hydrogens (primary N) is 1. The van der Waals surface area contributed by atoms with Crippen LogP contribution in [0.5, 0.6) is 0 Å². The largest absolute Gasteiger partial charge is 0.459 e. The normalized spacial score (nSPS) is 13.6. The van der Waals surface area contributed by atoms with Crippen LogP contribution in [0.25, 0.3) is 0 Å². The molecule has 0 aromatic carbocycles. The van der Waals surface area contributed by atoms with Crippen molar-refractivity contribution in [2.24, 2.45) is 5.73 Å². The summed E-state index contributed by atoms with van der Waals surface area (Å²) < 4.78 is 11.6. The first-order valence-corrected chi connectivity index (χ1v) is 7.12. The lowest BCUT2D eigenvalue weighted by atomic mass is 10.1. The molecular weight excluding hydrogens is 286 g/mol. The van der Waals surface area contributed by atoms with E-state index in [0.717, 1.165) is 0 Å². The summed E-state index contributed by atoms with van der Waals surface area (Å²) >= 11 is 0. The minimum Gasteiger partial charge on any atom is -0.459 e. The van der Waals surface area contributed by atoms with Gasteiger partial charge in [-0.25, -0.2) is 14.3 Å². The van der Waals surface area contributed by atoms with Crippen molar-refractivity contribution in [3.8, 4) is 0 Å². The lowest BCUT2D eigenvalue weighted by molar-refractivity contribution is -0.156. The van der Waals surface area contributed by atoms with Crippen LogP contribution in [0.2, 0.25) is 0 Å². The second-order valence-electron chi connectivity index (χ2n) is 7.10. The van der Waals surface area contributed by atoms with E-state index < -0.39 is 29.3 Å². The minimum atomic E-state index is -0.832. The molecular formula is C15H25N3O4. The minimum absolute atomic E-state index is 0.185. The molecule has 1 rings (SSSR count). The average Bonchev–Trinajstić information content (AvgIpc) is 2.72. The molecule has 0 amide bonds. The van der Waals surface area contributed by atoms with Gasteiger partial charge in [-0.3, -0.25) is 4.79 Å². The summed E-state index contributed by atoms with van der Waals surface area (Å²) in [7, 11) is 0. The number of carbonyl (C=O) groups is 2. The van der Waals surface area contributed by atoms with E-state index in [0.29, 0.717) is 5.69 Å². The molecule has 1 aromatic rings.